The van der Waals surface area contributed by atoms with Crippen LogP contribution in [0.5, 0.6) is 0 Å². The van der Waals surface area contributed by atoms with E-state index in [1.165, 1.54) is 56.3 Å². The van der Waals surface area contributed by atoms with E-state index in [0.29, 0.717) is 0 Å². The zero-order chi connectivity index (χ0) is 15.1. The summed E-state index contributed by atoms with van der Waals surface area (Å²) in [6, 6.07) is 15.1. The number of hydrogen-bond donors (Lipinski definition) is 0. The van der Waals surface area contributed by atoms with Gasteiger partial charge in [0.25, 0.3) is 0 Å². The largest absolute Gasteiger partial charge is 0.401 e. The van der Waals surface area contributed by atoms with E-state index in [1.807, 2.05) is 0 Å². The van der Waals surface area contributed by atoms with Crippen molar-refractivity contribution < 1.29 is 0 Å². The molecule has 1 nitrogen and oxygen atoms in total. The van der Waals surface area contributed by atoms with Crippen LogP contribution in [0.2, 0.25) is 31.7 Å². The molecule has 0 amide bonds. The van der Waals surface area contributed by atoms with Crippen molar-refractivity contribution in [2.45, 2.75) is 76.3 Å². The van der Waals surface area contributed by atoms with E-state index < -0.39 is 8.07 Å². The van der Waals surface area contributed by atoms with Gasteiger partial charge in [0.2, 0.25) is 0 Å². The minimum atomic E-state index is -0.844. The monoisotopic (exact) mass is 319 g/mol. The van der Waals surface area contributed by atoms with Crippen molar-refractivity contribution >= 4 is 23.4 Å². The molecule has 1 aliphatic carbocycles. The number of nitrogens with zero attached hydrogens (tertiary/aromatic N) is 1. The Morgan fingerprint density at radius 2 is 1.71 bits per heavy atom. The lowest BCUT2D eigenvalue weighted by molar-refractivity contribution is 0.443. The average Bonchev–Trinajstić information content (AvgIpc) is 2.48. The third-order valence-corrected chi connectivity index (χ3v) is 8.71. The normalized spacial score (nSPS) is 17.5. The molecule has 0 heterocycles. The quantitative estimate of drug-likeness (QED) is 0.502. The lowest BCUT2D eigenvalue weighted by atomic mass is 9.95. The van der Waals surface area contributed by atoms with Gasteiger partial charge in [-0.05, 0) is 31.0 Å². The van der Waals surface area contributed by atoms with Gasteiger partial charge in [-0.1, -0.05) is 69.6 Å². The first-order valence-electron chi connectivity index (χ1n) is 8.88. The molecule has 2 rings (SSSR count). The van der Waals surface area contributed by atoms with E-state index in [2.05, 4.69) is 54.5 Å². The van der Waals surface area contributed by atoms with E-state index in [1.54, 1.807) is 0 Å². The van der Waals surface area contributed by atoms with E-state index in [9.17, 15) is 0 Å². The van der Waals surface area contributed by atoms with Crippen LogP contribution in [0, 0.1) is 0 Å². The van der Waals surface area contributed by atoms with Crippen LogP contribution in [0.4, 0.5) is 5.69 Å². The highest BCUT2D eigenvalue weighted by Gasteiger charge is 2.21. The van der Waals surface area contributed by atoms with E-state index in [-0.39, 0.29) is 9.68 Å². The standard InChI is InChI=1S/C18H33NSi2/c1-21(2,3)16-10-15-20-19(17-11-6-4-7-12-17)18-13-8-5-9-14-18/h4,6-7,11-12,18H,5,8-10,13-16,20H2,1-3H3. The average molecular weight is 320 g/mol. The van der Waals surface area contributed by atoms with Crippen molar-refractivity contribution in [2.75, 3.05) is 4.57 Å². The summed E-state index contributed by atoms with van der Waals surface area (Å²) in [5, 5.41) is 0. The minimum Gasteiger partial charge on any atom is -0.401 e. The van der Waals surface area contributed by atoms with Crippen LogP contribution >= 0.6 is 0 Å². The summed E-state index contributed by atoms with van der Waals surface area (Å²) in [4.78, 5) is 0. The van der Waals surface area contributed by atoms with E-state index >= 15 is 0 Å². The predicted octanol–water partition coefficient (Wildman–Crippen LogP) is 5.06. The molecule has 21 heavy (non-hydrogen) atoms. The van der Waals surface area contributed by atoms with Crippen LogP contribution in [0.3, 0.4) is 0 Å². The number of anilines is 1. The molecule has 1 aliphatic rings. The third-order valence-electron chi connectivity index (χ3n) is 4.68. The molecule has 0 aliphatic heterocycles. The topological polar surface area (TPSA) is 3.24 Å². The molecule has 118 valence electrons. The van der Waals surface area contributed by atoms with Crippen LogP contribution in [0.1, 0.15) is 38.5 Å². The molecular formula is C18H33NSi2. The molecule has 0 radical (unpaired) electrons. The molecule has 0 saturated heterocycles. The second-order valence-electron chi connectivity index (χ2n) is 7.84. The van der Waals surface area contributed by atoms with Crippen LogP contribution < -0.4 is 4.57 Å². The number of para-hydroxylation sites is 1. The second kappa shape index (κ2) is 8.18. The maximum absolute atomic E-state index is 2.85. The summed E-state index contributed by atoms with van der Waals surface area (Å²) in [7, 11) is -0.976. The first kappa shape index (κ1) is 16.8. The molecule has 0 unspecified atom stereocenters. The van der Waals surface area contributed by atoms with Gasteiger partial charge in [0.15, 0.2) is 0 Å². The third kappa shape index (κ3) is 5.99. The Morgan fingerprint density at radius 1 is 1.05 bits per heavy atom. The van der Waals surface area contributed by atoms with Crippen molar-refractivity contribution in [3.8, 4) is 0 Å². The smallest absolute Gasteiger partial charge is 0.124 e. The maximum atomic E-state index is 2.85. The summed E-state index contributed by atoms with van der Waals surface area (Å²) in [6.07, 6.45) is 8.66. The number of benzene rings is 1. The van der Waals surface area contributed by atoms with Gasteiger partial charge in [-0.2, -0.15) is 0 Å². The molecule has 1 aromatic rings. The predicted molar refractivity (Wildman–Crippen MR) is 102 cm³/mol. The highest BCUT2D eigenvalue weighted by Crippen LogP contribution is 2.27. The van der Waals surface area contributed by atoms with Crippen LogP contribution in [-0.2, 0) is 0 Å². The van der Waals surface area contributed by atoms with Crippen LogP contribution in [-0.4, -0.2) is 23.8 Å². The molecule has 0 aromatic heterocycles. The zero-order valence-electron chi connectivity index (χ0n) is 14.3. The molecule has 0 bridgehead atoms. The minimum absolute atomic E-state index is 0.131. The molecule has 0 spiro atoms. The van der Waals surface area contributed by atoms with E-state index in [4.69, 9.17) is 0 Å². The summed E-state index contributed by atoms with van der Waals surface area (Å²) in [6.45, 7) is 7.51. The van der Waals surface area contributed by atoms with Gasteiger partial charge in [-0.25, -0.2) is 0 Å². The second-order valence-corrected chi connectivity index (χ2v) is 15.3. The fourth-order valence-electron chi connectivity index (χ4n) is 3.47. The van der Waals surface area contributed by atoms with Gasteiger partial charge in [0, 0.05) is 19.8 Å². The van der Waals surface area contributed by atoms with Crippen LogP contribution in [0.15, 0.2) is 30.3 Å². The molecule has 1 saturated carbocycles. The Labute approximate surface area is 135 Å². The maximum Gasteiger partial charge on any atom is 0.124 e. The van der Waals surface area contributed by atoms with Gasteiger partial charge in [0.1, 0.15) is 9.68 Å². The van der Waals surface area contributed by atoms with Crippen molar-refractivity contribution in [2.24, 2.45) is 0 Å². The Morgan fingerprint density at radius 3 is 2.33 bits per heavy atom. The van der Waals surface area contributed by atoms with Crippen LogP contribution in [0.25, 0.3) is 0 Å². The van der Waals surface area contributed by atoms with E-state index in [0.717, 1.165) is 6.04 Å². The molecule has 0 atom stereocenters. The highest BCUT2D eigenvalue weighted by molar-refractivity contribution is 6.76. The summed E-state index contributed by atoms with van der Waals surface area (Å²) >= 11 is 0. The van der Waals surface area contributed by atoms with Gasteiger partial charge >= 0.3 is 0 Å². The number of hydrogen-bond acceptors (Lipinski definition) is 1. The summed E-state index contributed by atoms with van der Waals surface area (Å²) in [5.41, 5.74) is 1.50. The van der Waals surface area contributed by atoms with Gasteiger partial charge in [0.05, 0.1) is 0 Å². The lowest BCUT2D eigenvalue weighted by Gasteiger charge is -2.37. The Bertz CT molecular complexity index is 393. The van der Waals surface area contributed by atoms with Gasteiger partial charge in [-0.3, -0.25) is 0 Å². The zero-order valence-corrected chi connectivity index (χ0v) is 16.7. The lowest BCUT2D eigenvalue weighted by Crippen LogP contribution is -2.39. The Kier molecular flexibility index (Phi) is 6.55. The molecule has 1 aromatic carbocycles. The SMILES string of the molecule is C[Si](C)(C)CCC[SiH2]N(c1ccccc1)C1CCCCC1. The Hall–Kier alpha value is -0.546. The fourth-order valence-corrected chi connectivity index (χ4v) is 7.30. The molecular weight excluding hydrogens is 286 g/mol. The van der Waals surface area contributed by atoms with Gasteiger partial charge in [-0.15, -0.1) is 0 Å². The highest BCUT2D eigenvalue weighted by atomic mass is 28.3. The summed E-state index contributed by atoms with van der Waals surface area (Å²) in [5.74, 6) is 0. The summed E-state index contributed by atoms with van der Waals surface area (Å²) < 4.78 is 2.85. The van der Waals surface area contributed by atoms with Crippen molar-refractivity contribution in [3.05, 3.63) is 30.3 Å². The van der Waals surface area contributed by atoms with Crippen molar-refractivity contribution in [3.63, 3.8) is 0 Å². The first-order chi connectivity index (χ1) is 10.1. The van der Waals surface area contributed by atoms with Crippen molar-refractivity contribution in [1.29, 1.82) is 0 Å². The molecule has 3 heteroatoms. The Balaban J connectivity index is 1.92. The first-order valence-corrected chi connectivity index (χ1v) is 14.2. The van der Waals surface area contributed by atoms with Crippen molar-refractivity contribution in [1.82, 2.24) is 0 Å². The fraction of sp³-hybridized carbons (Fsp3) is 0.667. The molecule has 1 fully saturated rings. The van der Waals surface area contributed by atoms with Gasteiger partial charge < -0.3 is 4.57 Å². The molecule has 0 N–H and O–H groups in total. The number of rotatable bonds is 7.